The van der Waals surface area contributed by atoms with Gasteiger partial charge in [0.15, 0.2) is 0 Å². The number of carbonyl (C=O) groups excluding carboxylic acids is 1. The topological polar surface area (TPSA) is 41.1 Å². The van der Waals surface area contributed by atoms with Gasteiger partial charge in [-0.1, -0.05) is 23.2 Å². The van der Waals surface area contributed by atoms with E-state index in [-0.39, 0.29) is 5.91 Å². The van der Waals surface area contributed by atoms with E-state index in [4.69, 9.17) is 23.2 Å². The highest BCUT2D eigenvalue weighted by Crippen LogP contribution is 2.25. The second-order valence-electron chi connectivity index (χ2n) is 4.15. The SMILES string of the molecule is O=C(CCNC1CC1)Nc1ccc(Cl)cc1Cl. The first-order chi connectivity index (χ1) is 8.15. The van der Waals surface area contributed by atoms with Gasteiger partial charge in [-0.15, -0.1) is 0 Å². The summed E-state index contributed by atoms with van der Waals surface area (Å²) >= 11 is 11.7. The van der Waals surface area contributed by atoms with Crippen molar-refractivity contribution in [2.45, 2.75) is 25.3 Å². The minimum atomic E-state index is -0.0395. The molecule has 1 amide bonds. The zero-order valence-electron chi connectivity index (χ0n) is 9.30. The van der Waals surface area contributed by atoms with Crippen LogP contribution in [-0.2, 0) is 4.79 Å². The van der Waals surface area contributed by atoms with Gasteiger partial charge >= 0.3 is 0 Å². The van der Waals surface area contributed by atoms with Crippen LogP contribution >= 0.6 is 23.2 Å². The quantitative estimate of drug-likeness (QED) is 0.865. The average Bonchev–Trinajstić information content (AvgIpc) is 3.06. The van der Waals surface area contributed by atoms with Gasteiger partial charge in [0, 0.05) is 24.0 Å². The van der Waals surface area contributed by atoms with E-state index in [0.29, 0.717) is 34.7 Å². The Kier molecular flexibility index (Phi) is 4.26. The Hall–Kier alpha value is -0.770. The lowest BCUT2D eigenvalue weighted by Crippen LogP contribution is -2.23. The molecular formula is C12H14Cl2N2O. The van der Waals surface area contributed by atoms with Crippen LogP contribution in [0.2, 0.25) is 10.0 Å². The number of halogens is 2. The van der Waals surface area contributed by atoms with E-state index >= 15 is 0 Å². The van der Waals surface area contributed by atoms with Crippen LogP contribution in [-0.4, -0.2) is 18.5 Å². The molecule has 5 heteroatoms. The number of hydrogen-bond donors (Lipinski definition) is 2. The number of hydrogen-bond acceptors (Lipinski definition) is 2. The van der Waals surface area contributed by atoms with Crippen molar-refractivity contribution in [3.63, 3.8) is 0 Å². The van der Waals surface area contributed by atoms with Crippen LogP contribution in [0.3, 0.4) is 0 Å². The summed E-state index contributed by atoms with van der Waals surface area (Å²) < 4.78 is 0. The predicted molar refractivity (Wildman–Crippen MR) is 70.7 cm³/mol. The summed E-state index contributed by atoms with van der Waals surface area (Å²) in [6, 6.07) is 5.64. The molecule has 1 aromatic carbocycles. The van der Waals surface area contributed by atoms with E-state index in [0.717, 1.165) is 0 Å². The van der Waals surface area contributed by atoms with Gasteiger partial charge in [-0.25, -0.2) is 0 Å². The summed E-state index contributed by atoms with van der Waals surface area (Å²) in [5.41, 5.74) is 0.604. The third kappa shape index (κ3) is 4.19. The molecular weight excluding hydrogens is 259 g/mol. The summed E-state index contributed by atoms with van der Waals surface area (Å²) in [4.78, 5) is 11.6. The van der Waals surface area contributed by atoms with E-state index in [1.54, 1.807) is 18.2 Å². The lowest BCUT2D eigenvalue weighted by atomic mass is 10.3. The van der Waals surface area contributed by atoms with Crippen LogP contribution in [0.5, 0.6) is 0 Å². The standard InChI is InChI=1S/C12H14Cl2N2O/c13-8-1-4-11(10(14)7-8)16-12(17)5-6-15-9-2-3-9/h1,4,7,9,15H,2-3,5-6H2,(H,16,17). The minimum Gasteiger partial charge on any atom is -0.325 e. The van der Waals surface area contributed by atoms with Crippen molar-refractivity contribution in [1.82, 2.24) is 5.32 Å². The highest BCUT2D eigenvalue weighted by Gasteiger charge is 2.20. The third-order valence-corrected chi connectivity index (χ3v) is 3.12. The van der Waals surface area contributed by atoms with Crippen molar-refractivity contribution in [1.29, 1.82) is 0 Å². The first-order valence-electron chi connectivity index (χ1n) is 5.63. The van der Waals surface area contributed by atoms with Crippen molar-refractivity contribution in [2.24, 2.45) is 0 Å². The first kappa shape index (κ1) is 12.7. The van der Waals surface area contributed by atoms with E-state index in [9.17, 15) is 4.79 Å². The molecule has 0 radical (unpaired) electrons. The second-order valence-corrected chi connectivity index (χ2v) is 4.99. The van der Waals surface area contributed by atoms with Gasteiger partial charge < -0.3 is 10.6 Å². The molecule has 0 saturated heterocycles. The Morgan fingerprint density at radius 3 is 2.76 bits per heavy atom. The molecule has 1 fully saturated rings. The lowest BCUT2D eigenvalue weighted by Gasteiger charge is -2.07. The molecule has 0 atom stereocenters. The average molecular weight is 273 g/mol. The second kappa shape index (κ2) is 5.71. The van der Waals surface area contributed by atoms with Gasteiger partial charge in [-0.05, 0) is 31.0 Å². The van der Waals surface area contributed by atoms with Crippen LogP contribution in [0.1, 0.15) is 19.3 Å². The fourth-order valence-electron chi connectivity index (χ4n) is 1.48. The monoisotopic (exact) mass is 272 g/mol. The van der Waals surface area contributed by atoms with Crippen LogP contribution in [0.15, 0.2) is 18.2 Å². The molecule has 0 bridgehead atoms. The van der Waals surface area contributed by atoms with E-state index < -0.39 is 0 Å². The van der Waals surface area contributed by atoms with E-state index in [1.807, 2.05) is 0 Å². The Bertz CT molecular complexity index is 419. The van der Waals surface area contributed by atoms with Gasteiger partial charge in [0.25, 0.3) is 0 Å². The molecule has 1 aromatic rings. The highest BCUT2D eigenvalue weighted by molar-refractivity contribution is 6.36. The Balaban J connectivity index is 1.79. The maximum atomic E-state index is 11.6. The van der Waals surface area contributed by atoms with Crippen molar-refractivity contribution >= 4 is 34.8 Å². The fraction of sp³-hybridized carbons (Fsp3) is 0.417. The molecule has 0 heterocycles. The molecule has 0 aromatic heterocycles. The third-order valence-electron chi connectivity index (χ3n) is 2.57. The molecule has 2 N–H and O–H groups in total. The predicted octanol–water partition coefficient (Wildman–Crippen LogP) is 3.07. The molecule has 0 unspecified atom stereocenters. The molecule has 2 rings (SSSR count). The molecule has 0 aliphatic heterocycles. The summed E-state index contributed by atoms with van der Waals surface area (Å²) in [5, 5.41) is 7.06. The van der Waals surface area contributed by atoms with Gasteiger partial charge in [-0.2, -0.15) is 0 Å². The lowest BCUT2D eigenvalue weighted by molar-refractivity contribution is -0.116. The first-order valence-corrected chi connectivity index (χ1v) is 6.39. The molecule has 0 spiro atoms. The van der Waals surface area contributed by atoms with Crippen molar-refractivity contribution in [2.75, 3.05) is 11.9 Å². The number of carbonyl (C=O) groups is 1. The van der Waals surface area contributed by atoms with E-state index in [2.05, 4.69) is 10.6 Å². The smallest absolute Gasteiger partial charge is 0.225 e. The molecule has 1 aliphatic rings. The largest absolute Gasteiger partial charge is 0.325 e. The summed E-state index contributed by atoms with van der Waals surface area (Å²) in [6.45, 7) is 0.710. The maximum Gasteiger partial charge on any atom is 0.225 e. The normalized spacial score (nSPS) is 14.7. The van der Waals surface area contributed by atoms with Crippen LogP contribution in [0.25, 0.3) is 0 Å². The number of anilines is 1. The van der Waals surface area contributed by atoms with Crippen LogP contribution < -0.4 is 10.6 Å². The van der Waals surface area contributed by atoms with Crippen molar-refractivity contribution in [3.8, 4) is 0 Å². The van der Waals surface area contributed by atoms with Crippen molar-refractivity contribution < 1.29 is 4.79 Å². The molecule has 1 saturated carbocycles. The molecule has 92 valence electrons. The van der Waals surface area contributed by atoms with E-state index in [1.165, 1.54) is 12.8 Å². The number of benzene rings is 1. The number of nitrogens with one attached hydrogen (secondary N) is 2. The highest BCUT2D eigenvalue weighted by atomic mass is 35.5. The zero-order valence-corrected chi connectivity index (χ0v) is 10.8. The fourth-order valence-corrected chi connectivity index (χ4v) is 1.94. The summed E-state index contributed by atoms with van der Waals surface area (Å²) in [5.74, 6) is -0.0395. The van der Waals surface area contributed by atoms with Gasteiger partial charge in [-0.3, -0.25) is 4.79 Å². The number of amides is 1. The van der Waals surface area contributed by atoms with Gasteiger partial charge in [0.2, 0.25) is 5.91 Å². The Morgan fingerprint density at radius 1 is 1.35 bits per heavy atom. The molecule has 17 heavy (non-hydrogen) atoms. The maximum absolute atomic E-state index is 11.6. The summed E-state index contributed by atoms with van der Waals surface area (Å²) in [7, 11) is 0. The minimum absolute atomic E-state index is 0.0395. The molecule has 1 aliphatic carbocycles. The van der Waals surface area contributed by atoms with Crippen LogP contribution in [0.4, 0.5) is 5.69 Å². The number of rotatable bonds is 5. The van der Waals surface area contributed by atoms with Gasteiger partial charge in [0.1, 0.15) is 0 Å². The Labute approximate surface area is 110 Å². The Morgan fingerprint density at radius 2 is 2.12 bits per heavy atom. The van der Waals surface area contributed by atoms with Gasteiger partial charge in [0.05, 0.1) is 10.7 Å². The zero-order chi connectivity index (χ0) is 12.3. The van der Waals surface area contributed by atoms with Crippen LogP contribution in [0, 0.1) is 0 Å². The summed E-state index contributed by atoms with van der Waals surface area (Å²) in [6.07, 6.45) is 2.91. The van der Waals surface area contributed by atoms with Crippen molar-refractivity contribution in [3.05, 3.63) is 28.2 Å². The molecule has 3 nitrogen and oxygen atoms in total.